The highest BCUT2D eigenvalue weighted by atomic mass is 79.9. The number of hydrogen-bond donors (Lipinski definition) is 0. The fourth-order valence-electron chi connectivity index (χ4n) is 1.43. The van der Waals surface area contributed by atoms with Crippen LogP contribution in [0, 0.1) is 0 Å². The van der Waals surface area contributed by atoms with Crippen LogP contribution in [0.25, 0.3) is 0 Å². The first-order valence-corrected chi connectivity index (χ1v) is 12.7. The molecule has 0 aliphatic rings. The molecule has 3 heteroatoms. The van der Waals surface area contributed by atoms with Crippen LogP contribution in [0.4, 0.5) is 0 Å². The third kappa shape index (κ3) is 13.5. The van der Waals surface area contributed by atoms with Gasteiger partial charge < -0.3 is 0 Å². The van der Waals surface area contributed by atoms with E-state index in [0.29, 0.717) is 0 Å². The Morgan fingerprint density at radius 3 is 1.69 bits per heavy atom. The number of rotatable bonds is 9. The first-order chi connectivity index (χ1) is 6.27. The van der Waals surface area contributed by atoms with E-state index in [-0.39, 0.29) is 0 Å². The second kappa shape index (κ2) is 11.6. The maximum atomic E-state index is 3.63. The molecule has 0 aromatic heterocycles. The normalized spacial score (nSPS) is 10.4. The standard InChI is InChI=1S/C10H21.Al.2BrH/c1-3-5-7-9-10-8-6-4-2;;;/h1,3-10H2,2H3;;2*1H/q;+2;;/p-2. The zero-order valence-corrected chi connectivity index (χ0v) is 13.0. The van der Waals surface area contributed by atoms with Gasteiger partial charge >= 0.3 is 10.5 Å². The minimum Gasteiger partial charge on any atom is -0.197 e. The second-order valence-corrected chi connectivity index (χ2v) is 15.3. The lowest BCUT2D eigenvalue weighted by molar-refractivity contribution is 0.585. The molecule has 0 aliphatic heterocycles. The molecule has 0 fully saturated rings. The van der Waals surface area contributed by atoms with Gasteiger partial charge in [-0.15, -0.1) is 0 Å². The fraction of sp³-hybridized carbons (Fsp3) is 1.00. The van der Waals surface area contributed by atoms with E-state index in [1.165, 1.54) is 56.6 Å². The molecule has 0 aromatic carbocycles. The molecule has 0 atom stereocenters. The van der Waals surface area contributed by atoms with Crippen molar-refractivity contribution in [2.45, 2.75) is 63.6 Å². The van der Waals surface area contributed by atoms with Gasteiger partial charge in [0.2, 0.25) is 0 Å². The molecule has 0 bridgehead atoms. The Balaban J connectivity index is 2.84. The molecule has 0 aliphatic carbocycles. The quantitative estimate of drug-likeness (QED) is 0.392. The Hall–Kier alpha value is 1.49. The van der Waals surface area contributed by atoms with Gasteiger partial charge in [-0.05, 0) is 0 Å². The number of unbranched alkanes of at least 4 members (excludes halogenated alkanes) is 7. The highest BCUT2D eigenvalue weighted by molar-refractivity contribution is 9.49. The van der Waals surface area contributed by atoms with Gasteiger partial charge in [0.25, 0.3) is 0 Å². The van der Waals surface area contributed by atoms with Crippen LogP contribution < -0.4 is 0 Å². The number of halogens is 2. The molecule has 0 N–H and O–H groups in total. The third-order valence-electron chi connectivity index (χ3n) is 2.28. The molecule has 0 heterocycles. The van der Waals surface area contributed by atoms with E-state index in [1.54, 1.807) is 0 Å². The fourth-order valence-corrected chi connectivity index (χ4v) is 3.97. The Bertz CT molecular complexity index is 96.9. The lowest BCUT2D eigenvalue weighted by Crippen LogP contribution is -1.89. The summed E-state index contributed by atoms with van der Waals surface area (Å²) in [4.78, 5) is 0. The molecule has 0 aromatic rings. The molecular formula is C10H21AlBr2. The Kier molecular flexibility index (Phi) is 12.9. The summed E-state index contributed by atoms with van der Waals surface area (Å²) in [5.41, 5.74) is 0. The molecule has 0 spiro atoms. The van der Waals surface area contributed by atoms with Crippen molar-refractivity contribution in [3.63, 3.8) is 0 Å². The van der Waals surface area contributed by atoms with Crippen LogP contribution in [0.5, 0.6) is 0 Å². The van der Waals surface area contributed by atoms with E-state index in [0.717, 1.165) is 0 Å². The summed E-state index contributed by atoms with van der Waals surface area (Å²) in [6.45, 7) is 2.27. The van der Waals surface area contributed by atoms with Gasteiger partial charge in [0.15, 0.2) is 0 Å². The molecule has 0 unspecified atom stereocenters. The van der Waals surface area contributed by atoms with E-state index in [4.69, 9.17) is 0 Å². The van der Waals surface area contributed by atoms with Gasteiger partial charge in [-0.1, -0.05) is 63.6 Å². The van der Waals surface area contributed by atoms with Crippen LogP contribution in [0.3, 0.4) is 0 Å². The van der Waals surface area contributed by atoms with Crippen molar-refractivity contribution < 1.29 is 0 Å². The van der Waals surface area contributed by atoms with Gasteiger partial charge in [-0.2, -0.15) is 28.1 Å². The van der Waals surface area contributed by atoms with Crippen LogP contribution in [0.15, 0.2) is 0 Å². The van der Waals surface area contributed by atoms with Crippen molar-refractivity contribution in [1.29, 1.82) is 0 Å². The lowest BCUT2D eigenvalue weighted by Gasteiger charge is -2.00. The topological polar surface area (TPSA) is 0 Å². The highest BCUT2D eigenvalue weighted by Crippen LogP contribution is 2.15. The van der Waals surface area contributed by atoms with Crippen LogP contribution in [0.1, 0.15) is 58.3 Å². The Morgan fingerprint density at radius 2 is 1.23 bits per heavy atom. The molecule has 13 heavy (non-hydrogen) atoms. The van der Waals surface area contributed by atoms with Crippen molar-refractivity contribution in [3.05, 3.63) is 0 Å². The second-order valence-electron chi connectivity index (χ2n) is 3.65. The summed E-state index contributed by atoms with van der Waals surface area (Å²) in [7, 11) is -0.615. The maximum absolute atomic E-state index is 3.63. The molecule has 0 nitrogen and oxygen atoms in total. The minimum absolute atomic E-state index is 0.615. The van der Waals surface area contributed by atoms with Crippen molar-refractivity contribution in [2.75, 3.05) is 0 Å². The van der Waals surface area contributed by atoms with Crippen molar-refractivity contribution >= 4 is 38.6 Å². The molecule has 0 amide bonds. The average molecular weight is 328 g/mol. The Labute approximate surface area is 102 Å². The molecular weight excluding hydrogens is 307 g/mol. The zero-order chi connectivity index (χ0) is 9.94. The van der Waals surface area contributed by atoms with E-state index in [2.05, 4.69) is 35.0 Å². The van der Waals surface area contributed by atoms with E-state index in [1.807, 2.05) is 0 Å². The van der Waals surface area contributed by atoms with Crippen LogP contribution >= 0.6 is 28.1 Å². The predicted molar refractivity (Wildman–Crippen MR) is 71.0 cm³/mol. The van der Waals surface area contributed by atoms with Gasteiger partial charge in [-0.25, -0.2) is 0 Å². The first kappa shape index (κ1) is 14.5. The average Bonchev–Trinajstić information content (AvgIpc) is 2.09. The highest BCUT2D eigenvalue weighted by Gasteiger charge is 2.06. The van der Waals surface area contributed by atoms with Crippen molar-refractivity contribution in [2.24, 2.45) is 0 Å². The molecule has 0 saturated heterocycles. The summed E-state index contributed by atoms with van der Waals surface area (Å²) in [5.74, 6) is 0. The predicted octanol–water partition coefficient (Wildman–Crippen LogP) is 5.41. The lowest BCUT2D eigenvalue weighted by atomic mass is 10.1. The van der Waals surface area contributed by atoms with Crippen molar-refractivity contribution in [1.82, 2.24) is 0 Å². The summed E-state index contributed by atoms with van der Waals surface area (Å²) in [5, 5.41) is 1.40. The molecule has 0 radical (unpaired) electrons. The smallest absolute Gasteiger partial charge is 0.197 e. The summed E-state index contributed by atoms with van der Waals surface area (Å²) in [6, 6.07) is 0. The van der Waals surface area contributed by atoms with Crippen LogP contribution in [-0.2, 0) is 0 Å². The van der Waals surface area contributed by atoms with E-state index < -0.39 is 10.5 Å². The minimum atomic E-state index is -0.615. The van der Waals surface area contributed by atoms with Crippen LogP contribution in [-0.4, -0.2) is 10.5 Å². The third-order valence-corrected chi connectivity index (χ3v) is 5.87. The summed E-state index contributed by atoms with van der Waals surface area (Å²) < 4.78 is 0. The van der Waals surface area contributed by atoms with Gasteiger partial charge in [0, 0.05) is 0 Å². The Morgan fingerprint density at radius 1 is 0.769 bits per heavy atom. The van der Waals surface area contributed by atoms with Crippen molar-refractivity contribution in [3.8, 4) is 0 Å². The van der Waals surface area contributed by atoms with Gasteiger partial charge in [0.1, 0.15) is 0 Å². The first-order valence-electron chi connectivity index (χ1n) is 5.55. The molecule has 78 valence electrons. The largest absolute Gasteiger partial charge is 0.456 e. The zero-order valence-electron chi connectivity index (χ0n) is 8.70. The van der Waals surface area contributed by atoms with Gasteiger partial charge in [-0.3, -0.25) is 0 Å². The SMILES string of the molecule is CCCCCCCCC[CH2][Al]([Br])[Br]. The van der Waals surface area contributed by atoms with Crippen LogP contribution in [0.2, 0.25) is 5.28 Å². The van der Waals surface area contributed by atoms with E-state index in [9.17, 15) is 0 Å². The monoisotopic (exact) mass is 326 g/mol. The molecule has 0 saturated carbocycles. The summed E-state index contributed by atoms with van der Waals surface area (Å²) in [6.07, 6.45) is 11.5. The molecule has 0 rings (SSSR count). The summed E-state index contributed by atoms with van der Waals surface area (Å²) >= 11 is 7.27. The van der Waals surface area contributed by atoms with Gasteiger partial charge in [0.05, 0.1) is 0 Å². The maximum Gasteiger partial charge on any atom is 0.456 e. The number of hydrogen-bond acceptors (Lipinski definition) is 0. The van der Waals surface area contributed by atoms with E-state index >= 15 is 0 Å².